The van der Waals surface area contributed by atoms with Crippen LogP contribution in [0, 0.1) is 25.5 Å². The summed E-state index contributed by atoms with van der Waals surface area (Å²) in [6, 6.07) is 6.04. The number of nitrogens with one attached hydrogen (secondary N) is 2. The number of pyridine rings is 1. The maximum Gasteiger partial charge on any atom is 0.299 e. The Balaban J connectivity index is 1.87. The molecule has 10 heteroatoms. The van der Waals surface area contributed by atoms with E-state index in [-0.39, 0.29) is 33.3 Å². The lowest BCUT2D eigenvalue weighted by Gasteiger charge is -2.07. The highest BCUT2D eigenvalue weighted by Crippen LogP contribution is 2.25. The van der Waals surface area contributed by atoms with Crippen LogP contribution in [0.1, 0.15) is 32.1 Å². The lowest BCUT2D eigenvalue weighted by molar-refractivity contribution is -0.112. The molecule has 0 saturated carbocycles. The van der Waals surface area contributed by atoms with Crippen molar-refractivity contribution in [2.45, 2.75) is 13.8 Å². The summed E-state index contributed by atoms with van der Waals surface area (Å²) in [5, 5.41) is 4.75. The number of aromatic nitrogens is 2. The van der Waals surface area contributed by atoms with Gasteiger partial charge >= 0.3 is 0 Å². The fraction of sp³-hybridized carbons (Fsp3) is 0.143. The maximum absolute atomic E-state index is 13.3. The quantitative estimate of drug-likeness (QED) is 0.457. The number of anilines is 2. The van der Waals surface area contributed by atoms with Gasteiger partial charge in [0, 0.05) is 18.4 Å². The SMILES string of the molecule is Cc1c(C(=O)Nc2ccc(F)c(Cl)c2)c(C)n(C)c1C(=O)C(=O)Nc1ccc(F)cn1. The number of hydrogen-bond acceptors (Lipinski definition) is 4. The Morgan fingerprint density at radius 3 is 2.39 bits per heavy atom. The summed E-state index contributed by atoms with van der Waals surface area (Å²) >= 11 is 5.74. The van der Waals surface area contributed by atoms with Crippen LogP contribution in [-0.4, -0.2) is 27.1 Å². The van der Waals surface area contributed by atoms with Gasteiger partial charge in [-0.25, -0.2) is 13.8 Å². The largest absolute Gasteiger partial charge is 0.344 e. The molecule has 0 radical (unpaired) electrons. The first-order chi connectivity index (χ1) is 14.6. The van der Waals surface area contributed by atoms with Crippen molar-refractivity contribution < 1.29 is 23.2 Å². The van der Waals surface area contributed by atoms with Crippen LogP contribution in [0.5, 0.6) is 0 Å². The van der Waals surface area contributed by atoms with Crippen molar-refractivity contribution in [3.63, 3.8) is 0 Å². The molecule has 0 unspecified atom stereocenters. The van der Waals surface area contributed by atoms with E-state index in [1.807, 2.05) is 0 Å². The first-order valence-electron chi connectivity index (χ1n) is 8.99. The number of rotatable bonds is 5. The lowest BCUT2D eigenvalue weighted by atomic mass is 10.1. The van der Waals surface area contributed by atoms with Crippen LogP contribution in [0.2, 0.25) is 5.02 Å². The van der Waals surface area contributed by atoms with E-state index >= 15 is 0 Å². The Kier molecular flexibility index (Phi) is 6.16. The number of nitrogens with zero attached hydrogens (tertiary/aromatic N) is 2. The second kappa shape index (κ2) is 8.65. The molecule has 3 rings (SSSR count). The van der Waals surface area contributed by atoms with Crippen LogP contribution < -0.4 is 10.6 Å². The predicted octanol–water partition coefficient (Wildman–Crippen LogP) is 4.04. The fourth-order valence-electron chi connectivity index (χ4n) is 3.13. The zero-order valence-electron chi connectivity index (χ0n) is 16.7. The zero-order chi connectivity index (χ0) is 22.9. The van der Waals surface area contributed by atoms with E-state index in [0.29, 0.717) is 5.69 Å². The van der Waals surface area contributed by atoms with Crippen molar-refractivity contribution in [2.24, 2.45) is 7.05 Å². The minimum absolute atomic E-state index is 0.00879. The first kappa shape index (κ1) is 22.1. The van der Waals surface area contributed by atoms with Gasteiger partial charge in [-0.05, 0) is 49.7 Å². The molecule has 0 spiro atoms. The summed E-state index contributed by atoms with van der Waals surface area (Å²) in [5.74, 6) is -3.63. The van der Waals surface area contributed by atoms with E-state index < -0.39 is 29.2 Å². The van der Waals surface area contributed by atoms with Gasteiger partial charge in [0.05, 0.1) is 22.5 Å². The molecule has 0 fully saturated rings. The number of Topliss-reactive ketones (excluding diaryl/α,β-unsaturated/α-hetero) is 1. The van der Waals surface area contributed by atoms with Crippen LogP contribution in [-0.2, 0) is 11.8 Å². The zero-order valence-corrected chi connectivity index (χ0v) is 17.5. The molecule has 7 nitrogen and oxygen atoms in total. The molecule has 3 aromatic rings. The van der Waals surface area contributed by atoms with Crippen molar-refractivity contribution in [1.82, 2.24) is 9.55 Å². The third kappa shape index (κ3) is 4.46. The topological polar surface area (TPSA) is 93.1 Å². The molecule has 0 saturated heterocycles. The van der Waals surface area contributed by atoms with E-state index in [0.717, 1.165) is 18.3 Å². The van der Waals surface area contributed by atoms with E-state index in [4.69, 9.17) is 11.6 Å². The van der Waals surface area contributed by atoms with E-state index in [2.05, 4.69) is 15.6 Å². The van der Waals surface area contributed by atoms with Gasteiger partial charge in [0.25, 0.3) is 17.6 Å². The molecule has 2 heterocycles. The smallest absolute Gasteiger partial charge is 0.299 e. The molecule has 2 aromatic heterocycles. The van der Waals surface area contributed by atoms with Gasteiger partial charge in [0.2, 0.25) is 0 Å². The van der Waals surface area contributed by atoms with Crippen molar-refractivity contribution >= 4 is 40.7 Å². The van der Waals surface area contributed by atoms with Gasteiger partial charge < -0.3 is 15.2 Å². The van der Waals surface area contributed by atoms with Crippen LogP contribution in [0.25, 0.3) is 0 Å². The third-order valence-electron chi connectivity index (χ3n) is 4.73. The Morgan fingerprint density at radius 2 is 1.77 bits per heavy atom. The summed E-state index contributed by atoms with van der Waals surface area (Å²) in [7, 11) is 1.55. The minimum atomic E-state index is -0.986. The number of halogens is 3. The predicted molar refractivity (Wildman–Crippen MR) is 111 cm³/mol. The van der Waals surface area contributed by atoms with Crippen molar-refractivity contribution in [1.29, 1.82) is 0 Å². The highest BCUT2D eigenvalue weighted by Gasteiger charge is 2.28. The van der Waals surface area contributed by atoms with E-state index in [9.17, 15) is 23.2 Å². The molecular formula is C21H17ClF2N4O3. The normalized spacial score (nSPS) is 10.6. The van der Waals surface area contributed by atoms with Gasteiger partial charge in [-0.15, -0.1) is 0 Å². The number of amides is 2. The molecule has 31 heavy (non-hydrogen) atoms. The summed E-state index contributed by atoms with van der Waals surface area (Å²) in [6.07, 6.45) is 0.905. The number of carbonyl (C=O) groups is 3. The molecule has 160 valence electrons. The highest BCUT2D eigenvalue weighted by atomic mass is 35.5. The summed E-state index contributed by atoms with van der Waals surface area (Å²) in [5.41, 5.74) is 1.21. The van der Waals surface area contributed by atoms with Gasteiger partial charge in [-0.2, -0.15) is 0 Å². The number of benzene rings is 1. The van der Waals surface area contributed by atoms with Crippen molar-refractivity contribution in [3.05, 3.63) is 75.7 Å². The Labute approximate surface area is 181 Å². The van der Waals surface area contributed by atoms with E-state index in [1.165, 1.54) is 29.7 Å². The van der Waals surface area contributed by atoms with Crippen molar-refractivity contribution in [3.8, 4) is 0 Å². The second-order valence-corrected chi connectivity index (χ2v) is 7.13. The molecular weight excluding hydrogens is 430 g/mol. The molecule has 0 aliphatic carbocycles. The fourth-order valence-corrected chi connectivity index (χ4v) is 3.31. The molecule has 0 aliphatic heterocycles. The van der Waals surface area contributed by atoms with Crippen LogP contribution in [0.3, 0.4) is 0 Å². The van der Waals surface area contributed by atoms with Gasteiger partial charge in [-0.1, -0.05) is 11.6 Å². The average molecular weight is 447 g/mol. The van der Waals surface area contributed by atoms with Crippen molar-refractivity contribution in [2.75, 3.05) is 10.6 Å². The minimum Gasteiger partial charge on any atom is -0.344 e. The van der Waals surface area contributed by atoms with Crippen LogP contribution in [0.4, 0.5) is 20.3 Å². The lowest BCUT2D eigenvalue weighted by Crippen LogP contribution is -2.26. The molecule has 2 amide bonds. The van der Waals surface area contributed by atoms with Gasteiger partial charge in [0.1, 0.15) is 17.5 Å². The first-order valence-corrected chi connectivity index (χ1v) is 9.37. The number of ketones is 1. The summed E-state index contributed by atoms with van der Waals surface area (Å²) in [4.78, 5) is 41.7. The summed E-state index contributed by atoms with van der Waals surface area (Å²) < 4.78 is 27.7. The van der Waals surface area contributed by atoms with E-state index in [1.54, 1.807) is 14.0 Å². The molecule has 1 aromatic carbocycles. The maximum atomic E-state index is 13.3. The standard InChI is InChI=1S/C21H17ClF2N4O3/c1-10-17(20(30)26-13-5-6-15(24)14(22)8-13)11(2)28(3)18(10)19(29)21(31)27-16-7-4-12(23)9-25-16/h4-9H,1-3H3,(H,26,30)(H,25,27,31). The Bertz CT molecular complexity index is 1210. The third-order valence-corrected chi connectivity index (χ3v) is 5.02. The molecule has 0 bridgehead atoms. The molecule has 0 aliphatic rings. The molecule has 2 N–H and O–H groups in total. The van der Waals surface area contributed by atoms with Crippen LogP contribution in [0.15, 0.2) is 36.5 Å². The monoisotopic (exact) mass is 446 g/mol. The van der Waals surface area contributed by atoms with Gasteiger partial charge in [-0.3, -0.25) is 14.4 Å². The summed E-state index contributed by atoms with van der Waals surface area (Å²) in [6.45, 7) is 3.16. The number of carbonyl (C=O) groups excluding carboxylic acids is 3. The second-order valence-electron chi connectivity index (χ2n) is 6.72. The van der Waals surface area contributed by atoms with Crippen LogP contribution >= 0.6 is 11.6 Å². The molecule has 0 atom stereocenters. The Hall–Kier alpha value is -3.59. The van der Waals surface area contributed by atoms with Gasteiger partial charge in [0.15, 0.2) is 0 Å². The Morgan fingerprint density at radius 1 is 1.06 bits per heavy atom. The average Bonchev–Trinajstić information content (AvgIpc) is 2.94. The highest BCUT2D eigenvalue weighted by molar-refractivity contribution is 6.46. The number of hydrogen-bond donors (Lipinski definition) is 2.